The smallest absolute Gasteiger partial charge is 0.235 e. The van der Waals surface area contributed by atoms with Crippen molar-refractivity contribution >= 4 is 38.2 Å². The SMILES string of the molecule is O=S1(=O)CCn2c(Cl)cc(-c3ccc4ccccc4c3)c2N1. The highest BCUT2D eigenvalue weighted by Crippen LogP contribution is 2.37. The maximum atomic E-state index is 11.9. The van der Waals surface area contributed by atoms with Crippen LogP contribution < -0.4 is 4.72 Å². The number of fused-ring (bicyclic) bond motifs is 2. The molecule has 0 amide bonds. The molecule has 4 rings (SSSR count). The first kappa shape index (κ1) is 13.7. The molecule has 1 N–H and O–H groups in total. The van der Waals surface area contributed by atoms with E-state index >= 15 is 0 Å². The van der Waals surface area contributed by atoms with Gasteiger partial charge in [-0.2, -0.15) is 0 Å². The Labute approximate surface area is 133 Å². The first-order valence-electron chi connectivity index (χ1n) is 6.92. The van der Waals surface area contributed by atoms with Crippen LogP contribution in [-0.2, 0) is 16.6 Å². The van der Waals surface area contributed by atoms with Crippen LogP contribution in [0, 0.1) is 0 Å². The summed E-state index contributed by atoms with van der Waals surface area (Å²) in [5.41, 5.74) is 1.75. The molecule has 0 saturated heterocycles. The summed E-state index contributed by atoms with van der Waals surface area (Å²) < 4.78 is 28.1. The van der Waals surface area contributed by atoms with Gasteiger partial charge in [0, 0.05) is 12.1 Å². The largest absolute Gasteiger partial charge is 0.316 e. The second kappa shape index (κ2) is 4.76. The maximum Gasteiger partial charge on any atom is 0.235 e. The van der Waals surface area contributed by atoms with Gasteiger partial charge < -0.3 is 4.57 Å². The minimum atomic E-state index is -3.29. The van der Waals surface area contributed by atoms with Gasteiger partial charge in [-0.15, -0.1) is 0 Å². The number of nitrogens with one attached hydrogen (secondary N) is 1. The van der Waals surface area contributed by atoms with Crippen LogP contribution in [0.4, 0.5) is 5.82 Å². The first-order chi connectivity index (χ1) is 10.5. The van der Waals surface area contributed by atoms with Crippen LogP contribution in [0.3, 0.4) is 0 Å². The van der Waals surface area contributed by atoms with Gasteiger partial charge in [0.05, 0.1) is 5.75 Å². The highest BCUT2D eigenvalue weighted by Gasteiger charge is 2.25. The van der Waals surface area contributed by atoms with Crippen LogP contribution in [-0.4, -0.2) is 18.7 Å². The third kappa shape index (κ3) is 2.17. The van der Waals surface area contributed by atoms with E-state index in [1.165, 1.54) is 0 Å². The Morgan fingerprint density at radius 2 is 1.82 bits per heavy atom. The van der Waals surface area contributed by atoms with Crippen LogP contribution in [0.25, 0.3) is 21.9 Å². The number of sulfonamides is 1. The summed E-state index contributed by atoms with van der Waals surface area (Å²) in [6.07, 6.45) is 0. The van der Waals surface area contributed by atoms with Gasteiger partial charge in [0.2, 0.25) is 10.0 Å². The molecule has 0 atom stereocenters. The molecule has 2 aromatic carbocycles. The zero-order valence-corrected chi connectivity index (χ0v) is 13.2. The van der Waals surface area contributed by atoms with Crippen molar-refractivity contribution in [3.8, 4) is 11.1 Å². The molecule has 0 radical (unpaired) electrons. The van der Waals surface area contributed by atoms with Crippen LogP contribution in [0.15, 0.2) is 48.5 Å². The van der Waals surface area contributed by atoms with Crippen LogP contribution in [0.2, 0.25) is 5.15 Å². The molecule has 0 fully saturated rings. The third-order valence-electron chi connectivity index (χ3n) is 3.94. The van der Waals surface area contributed by atoms with Crippen molar-refractivity contribution in [1.82, 2.24) is 4.57 Å². The van der Waals surface area contributed by atoms with E-state index in [1.54, 1.807) is 4.57 Å². The molecule has 1 aromatic heterocycles. The first-order valence-corrected chi connectivity index (χ1v) is 8.95. The summed E-state index contributed by atoms with van der Waals surface area (Å²) in [5.74, 6) is 0.595. The average Bonchev–Trinajstić information content (AvgIpc) is 2.82. The molecular formula is C16H13ClN2O2S. The van der Waals surface area contributed by atoms with Gasteiger partial charge in [0.15, 0.2) is 0 Å². The summed E-state index contributed by atoms with van der Waals surface area (Å²) in [4.78, 5) is 0. The Bertz CT molecular complexity index is 993. The summed E-state index contributed by atoms with van der Waals surface area (Å²) in [6.45, 7) is 0.372. The van der Waals surface area contributed by atoms with E-state index in [2.05, 4.69) is 4.72 Å². The quantitative estimate of drug-likeness (QED) is 0.738. The normalized spacial score (nSPS) is 16.2. The highest BCUT2D eigenvalue weighted by atomic mass is 35.5. The van der Waals surface area contributed by atoms with Crippen molar-refractivity contribution in [2.24, 2.45) is 0 Å². The van der Waals surface area contributed by atoms with Crippen LogP contribution in [0.1, 0.15) is 0 Å². The molecular weight excluding hydrogens is 320 g/mol. The lowest BCUT2D eigenvalue weighted by Crippen LogP contribution is -2.27. The van der Waals surface area contributed by atoms with E-state index < -0.39 is 10.0 Å². The average molecular weight is 333 g/mol. The second-order valence-corrected chi connectivity index (χ2v) is 7.59. The predicted octanol–water partition coefficient (Wildman–Crippen LogP) is 3.72. The van der Waals surface area contributed by atoms with Gasteiger partial charge in [0.1, 0.15) is 11.0 Å². The van der Waals surface area contributed by atoms with E-state index in [4.69, 9.17) is 11.6 Å². The lowest BCUT2D eigenvalue weighted by atomic mass is 10.0. The number of aromatic nitrogens is 1. The molecule has 0 bridgehead atoms. The zero-order chi connectivity index (χ0) is 15.3. The van der Waals surface area contributed by atoms with E-state index in [0.717, 1.165) is 21.9 Å². The standard InChI is InChI=1S/C16H13ClN2O2S/c17-15-10-14(16-18-22(20,21)8-7-19(15)16)13-6-5-11-3-1-2-4-12(11)9-13/h1-6,9-10,18H,7-8H2. The number of hydrogen-bond acceptors (Lipinski definition) is 2. The van der Waals surface area contributed by atoms with E-state index in [-0.39, 0.29) is 5.75 Å². The van der Waals surface area contributed by atoms with Gasteiger partial charge in [-0.25, -0.2) is 8.42 Å². The molecule has 22 heavy (non-hydrogen) atoms. The Morgan fingerprint density at radius 3 is 2.64 bits per heavy atom. The van der Waals surface area contributed by atoms with Crippen LogP contribution >= 0.6 is 11.6 Å². The van der Waals surface area contributed by atoms with Crippen molar-refractivity contribution < 1.29 is 8.42 Å². The van der Waals surface area contributed by atoms with Gasteiger partial charge in [-0.05, 0) is 28.5 Å². The Kier molecular flexibility index (Phi) is 2.96. The molecule has 0 unspecified atom stereocenters. The van der Waals surface area contributed by atoms with Crippen molar-refractivity contribution in [2.45, 2.75) is 6.54 Å². The molecule has 0 aliphatic carbocycles. The summed E-state index contributed by atoms with van der Waals surface area (Å²) in [5, 5.41) is 2.79. The molecule has 3 aromatic rings. The molecule has 1 aliphatic heterocycles. The van der Waals surface area contributed by atoms with Crippen molar-refractivity contribution in [2.75, 3.05) is 10.5 Å². The fraction of sp³-hybridized carbons (Fsp3) is 0.125. The highest BCUT2D eigenvalue weighted by molar-refractivity contribution is 7.92. The second-order valence-electron chi connectivity index (χ2n) is 5.36. The van der Waals surface area contributed by atoms with Gasteiger partial charge in [0.25, 0.3) is 0 Å². The van der Waals surface area contributed by atoms with Crippen LogP contribution in [0.5, 0.6) is 0 Å². The number of rotatable bonds is 1. The number of anilines is 1. The topological polar surface area (TPSA) is 51.1 Å². The lowest BCUT2D eigenvalue weighted by Gasteiger charge is -2.19. The zero-order valence-electron chi connectivity index (χ0n) is 11.6. The molecule has 1 aliphatic rings. The van der Waals surface area contributed by atoms with Gasteiger partial charge in [-0.1, -0.05) is 48.0 Å². The molecule has 6 heteroatoms. The van der Waals surface area contributed by atoms with E-state index in [9.17, 15) is 8.42 Å². The Hall–Kier alpha value is -1.98. The van der Waals surface area contributed by atoms with Gasteiger partial charge in [-0.3, -0.25) is 4.72 Å². The molecule has 112 valence electrons. The molecule has 0 spiro atoms. The third-order valence-corrected chi connectivity index (χ3v) is 5.48. The van der Waals surface area contributed by atoms with E-state index in [1.807, 2.05) is 48.5 Å². The van der Waals surface area contributed by atoms with Crippen molar-refractivity contribution in [3.05, 3.63) is 53.7 Å². The maximum absolute atomic E-state index is 11.9. The predicted molar refractivity (Wildman–Crippen MR) is 89.8 cm³/mol. The fourth-order valence-corrected chi connectivity index (χ4v) is 4.15. The number of halogens is 1. The number of benzene rings is 2. The minimum absolute atomic E-state index is 0.0472. The number of nitrogens with zero attached hydrogens (tertiary/aromatic N) is 1. The minimum Gasteiger partial charge on any atom is -0.316 e. The summed E-state index contributed by atoms with van der Waals surface area (Å²) in [6, 6.07) is 15.9. The number of hydrogen-bond donors (Lipinski definition) is 1. The summed E-state index contributed by atoms with van der Waals surface area (Å²) in [7, 11) is -3.29. The van der Waals surface area contributed by atoms with Gasteiger partial charge >= 0.3 is 0 Å². The molecule has 2 heterocycles. The van der Waals surface area contributed by atoms with Crippen molar-refractivity contribution in [1.29, 1.82) is 0 Å². The monoisotopic (exact) mass is 332 g/mol. The van der Waals surface area contributed by atoms with Crippen molar-refractivity contribution in [3.63, 3.8) is 0 Å². The van der Waals surface area contributed by atoms with E-state index in [0.29, 0.717) is 17.5 Å². The molecule has 0 saturated carbocycles. The summed E-state index contributed by atoms with van der Waals surface area (Å²) >= 11 is 6.25. The fourth-order valence-electron chi connectivity index (χ4n) is 2.83. The lowest BCUT2D eigenvalue weighted by molar-refractivity contribution is 0.588. The Balaban J connectivity index is 1.92. The molecule has 4 nitrogen and oxygen atoms in total. The Morgan fingerprint density at radius 1 is 1.05 bits per heavy atom.